The third kappa shape index (κ3) is 4.08. The van der Waals surface area contributed by atoms with Crippen molar-refractivity contribution in [2.75, 3.05) is 0 Å². The Morgan fingerprint density at radius 2 is 2.16 bits per heavy atom. The van der Waals surface area contributed by atoms with Crippen LogP contribution in [-0.2, 0) is 6.42 Å². The van der Waals surface area contributed by atoms with Crippen LogP contribution in [-0.4, -0.2) is 11.9 Å². The molecular formula is C15H16ClNOS. The number of carbonyl (C=O) groups excluding carboxylic acids is 1. The summed E-state index contributed by atoms with van der Waals surface area (Å²) in [6.07, 6.45) is 0.852. The third-order valence-electron chi connectivity index (χ3n) is 2.77. The maximum atomic E-state index is 12.0. The standard InChI is InChI=1S/C15H16ClNOS/c1-10(8-14-7-6-11(2)19-14)17-15(18)12-4-3-5-13(16)9-12/h3-7,9-10H,8H2,1-2H3,(H,17,18). The molecule has 2 rings (SSSR count). The van der Waals surface area contributed by atoms with Crippen LogP contribution in [0.5, 0.6) is 0 Å². The highest BCUT2D eigenvalue weighted by atomic mass is 35.5. The van der Waals surface area contributed by atoms with Gasteiger partial charge in [0, 0.05) is 32.8 Å². The SMILES string of the molecule is Cc1ccc(CC(C)NC(=O)c2cccc(Cl)c2)s1. The number of hydrogen-bond donors (Lipinski definition) is 1. The van der Waals surface area contributed by atoms with Crippen molar-refractivity contribution >= 4 is 28.8 Å². The van der Waals surface area contributed by atoms with Gasteiger partial charge in [0.1, 0.15) is 0 Å². The average Bonchev–Trinajstić information content (AvgIpc) is 2.74. The average molecular weight is 294 g/mol. The van der Waals surface area contributed by atoms with Crippen LogP contribution in [0.3, 0.4) is 0 Å². The van der Waals surface area contributed by atoms with E-state index in [1.807, 2.05) is 6.92 Å². The van der Waals surface area contributed by atoms with E-state index in [-0.39, 0.29) is 11.9 Å². The second kappa shape index (κ2) is 6.22. The molecule has 100 valence electrons. The molecule has 0 saturated carbocycles. The van der Waals surface area contributed by atoms with Crippen LogP contribution < -0.4 is 5.32 Å². The van der Waals surface area contributed by atoms with Gasteiger partial charge in [-0.05, 0) is 44.2 Å². The summed E-state index contributed by atoms with van der Waals surface area (Å²) < 4.78 is 0. The third-order valence-corrected chi connectivity index (χ3v) is 4.03. The van der Waals surface area contributed by atoms with E-state index in [9.17, 15) is 4.79 Å². The summed E-state index contributed by atoms with van der Waals surface area (Å²) in [5.74, 6) is -0.0803. The van der Waals surface area contributed by atoms with Crippen molar-refractivity contribution < 1.29 is 4.79 Å². The lowest BCUT2D eigenvalue weighted by Gasteiger charge is -2.13. The van der Waals surface area contributed by atoms with Crippen molar-refractivity contribution in [1.82, 2.24) is 5.32 Å². The molecule has 2 aromatic rings. The summed E-state index contributed by atoms with van der Waals surface area (Å²) in [5.41, 5.74) is 0.599. The second-order valence-electron chi connectivity index (χ2n) is 4.60. The molecular weight excluding hydrogens is 278 g/mol. The van der Waals surface area contributed by atoms with E-state index in [1.54, 1.807) is 35.6 Å². The van der Waals surface area contributed by atoms with Gasteiger partial charge in [0.2, 0.25) is 0 Å². The smallest absolute Gasteiger partial charge is 0.251 e. The normalized spacial score (nSPS) is 12.2. The van der Waals surface area contributed by atoms with E-state index >= 15 is 0 Å². The minimum Gasteiger partial charge on any atom is -0.349 e. The first-order valence-corrected chi connectivity index (χ1v) is 7.36. The lowest BCUT2D eigenvalue weighted by Crippen LogP contribution is -2.33. The number of aryl methyl sites for hydroxylation is 1. The highest BCUT2D eigenvalue weighted by Crippen LogP contribution is 2.17. The number of halogens is 1. The van der Waals surface area contributed by atoms with Crippen LogP contribution in [0.15, 0.2) is 36.4 Å². The topological polar surface area (TPSA) is 29.1 Å². The zero-order chi connectivity index (χ0) is 13.8. The Morgan fingerprint density at radius 3 is 2.79 bits per heavy atom. The second-order valence-corrected chi connectivity index (χ2v) is 6.41. The molecule has 0 saturated heterocycles. The van der Waals surface area contributed by atoms with E-state index < -0.39 is 0 Å². The van der Waals surface area contributed by atoms with Gasteiger partial charge in [-0.3, -0.25) is 4.79 Å². The summed E-state index contributed by atoms with van der Waals surface area (Å²) >= 11 is 7.65. The number of benzene rings is 1. The Bertz CT molecular complexity index is 579. The van der Waals surface area contributed by atoms with Crippen molar-refractivity contribution in [3.8, 4) is 0 Å². The molecule has 1 aromatic heterocycles. The largest absolute Gasteiger partial charge is 0.349 e. The van der Waals surface area contributed by atoms with Crippen molar-refractivity contribution in [1.29, 1.82) is 0 Å². The van der Waals surface area contributed by atoms with Crippen molar-refractivity contribution in [2.45, 2.75) is 26.3 Å². The fourth-order valence-corrected chi connectivity index (χ4v) is 3.09. The highest BCUT2D eigenvalue weighted by molar-refractivity contribution is 7.11. The number of amides is 1. The van der Waals surface area contributed by atoms with Gasteiger partial charge in [-0.25, -0.2) is 0 Å². The van der Waals surface area contributed by atoms with Crippen LogP contribution in [0.1, 0.15) is 27.0 Å². The van der Waals surface area contributed by atoms with Crippen molar-refractivity contribution in [3.63, 3.8) is 0 Å². The first-order valence-electron chi connectivity index (χ1n) is 6.16. The summed E-state index contributed by atoms with van der Waals surface area (Å²) in [6.45, 7) is 4.10. The molecule has 0 bridgehead atoms. The predicted molar refractivity (Wildman–Crippen MR) is 81.1 cm³/mol. The minimum atomic E-state index is -0.0803. The van der Waals surface area contributed by atoms with Gasteiger partial charge < -0.3 is 5.32 Å². The van der Waals surface area contributed by atoms with Crippen LogP contribution in [0.25, 0.3) is 0 Å². The lowest BCUT2D eigenvalue weighted by molar-refractivity contribution is 0.0940. The van der Waals surface area contributed by atoms with Gasteiger partial charge in [-0.2, -0.15) is 0 Å². The molecule has 1 N–H and O–H groups in total. The van der Waals surface area contributed by atoms with E-state index in [4.69, 9.17) is 11.6 Å². The summed E-state index contributed by atoms with van der Waals surface area (Å²) in [7, 11) is 0. The molecule has 0 aliphatic heterocycles. The van der Waals surface area contributed by atoms with Crippen LogP contribution in [0, 0.1) is 6.92 Å². The Labute approximate surface area is 122 Å². The number of rotatable bonds is 4. The molecule has 0 aliphatic rings. The van der Waals surface area contributed by atoms with Gasteiger partial charge in [0.15, 0.2) is 0 Å². The zero-order valence-electron chi connectivity index (χ0n) is 10.9. The number of thiophene rings is 1. The fraction of sp³-hybridized carbons (Fsp3) is 0.267. The highest BCUT2D eigenvalue weighted by Gasteiger charge is 2.11. The van der Waals surface area contributed by atoms with E-state index in [0.29, 0.717) is 10.6 Å². The molecule has 0 spiro atoms. The monoisotopic (exact) mass is 293 g/mol. The minimum absolute atomic E-state index is 0.0803. The molecule has 0 radical (unpaired) electrons. The van der Waals surface area contributed by atoms with E-state index in [0.717, 1.165) is 6.42 Å². The quantitative estimate of drug-likeness (QED) is 0.904. The predicted octanol–water partition coefficient (Wildman–Crippen LogP) is 4.07. The fourth-order valence-electron chi connectivity index (χ4n) is 1.88. The van der Waals surface area contributed by atoms with Gasteiger partial charge in [-0.1, -0.05) is 17.7 Å². The zero-order valence-corrected chi connectivity index (χ0v) is 12.5. The summed E-state index contributed by atoms with van der Waals surface area (Å²) in [5, 5.41) is 3.57. The molecule has 1 aromatic carbocycles. The Hall–Kier alpha value is -1.32. The molecule has 0 fully saturated rings. The van der Waals surface area contributed by atoms with Crippen LogP contribution in [0.2, 0.25) is 5.02 Å². The van der Waals surface area contributed by atoms with Gasteiger partial charge in [0.25, 0.3) is 5.91 Å². The molecule has 0 aliphatic carbocycles. The van der Waals surface area contributed by atoms with Gasteiger partial charge in [-0.15, -0.1) is 11.3 Å². The van der Waals surface area contributed by atoms with Crippen molar-refractivity contribution in [3.05, 3.63) is 56.7 Å². The van der Waals surface area contributed by atoms with Crippen LogP contribution in [0.4, 0.5) is 0 Å². The van der Waals surface area contributed by atoms with E-state index in [1.165, 1.54) is 9.75 Å². The van der Waals surface area contributed by atoms with Gasteiger partial charge >= 0.3 is 0 Å². The number of carbonyl (C=O) groups is 1. The molecule has 2 nitrogen and oxygen atoms in total. The molecule has 1 amide bonds. The maximum Gasteiger partial charge on any atom is 0.251 e. The molecule has 1 heterocycles. The molecule has 4 heteroatoms. The Morgan fingerprint density at radius 1 is 1.37 bits per heavy atom. The lowest BCUT2D eigenvalue weighted by atomic mass is 10.1. The van der Waals surface area contributed by atoms with Gasteiger partial charge in [0.05, 0.1) is 0 Å². The van der Waals surface area contributed by atoms with E-state index in [2.05, 4.69) is 24.4 Å². The van der Waals surface area contributed by atoms with Crippen LogP contribution >= 0.6 is 22.9 Å². The number of nitrogens with one attached hydrogen (secondary N) is 1. The summed E-state index contributed by atoms with van der Waals surface area (Å²) in [6, 6.07) is 11.3. The maximum absolute atomic E-state index is 12.0. The Kier molecular flexibility index (Phi) is 4.61. The summed E-state index contributed by atoms with van der Waals surface area (Å²) in [4.78, 5) is 14.6. The number of hydrogen-bond acceptors (Lipinski definition) is 2. The molecule has 19 heavy (non-hydrogen) atoms. The molecule has 1 atom stereocenters. The first-order chi connectivity index (χ1) is 9.04. The Balaban J connectivity index is 1.95. The van der Waals surface area contributed by atoms with Crippen molar-refractivity contribution in [2.24, 2.45) is 0 Å². The first kappa shape index (κ1) is 14.1. The molecule has 1 unspecified atom stereocenters.